The second-order valence-corrected chi connectivity index (χ2v) is 8.30. The van der Waals surface area contributed by atoms with Gasteiger partial charge in [0.1, 0.15) is 6.07 Å². The first-order valence-corrected chi connectivity index (χ1v) is 10.2. The summed E-state index contributed by atoms with van der Waals surface area (Å²) < 4.78 is 26.8. The van der Waals surface area contributed by atoms with Gasteiger partial charge < -0.3 is 20.0 Å². The molecule has 8 nitrogen and oxygen atoms in total. The van der Waals surface area contributed by atoms with Crippen molar-refractivity contribution in [2.24, 2.45) is 0 Å². The lowest BCUT2D eigenvalue weighted by atomic mass is 10.1. The van der Waals surface area contributed by atoms with Crippen LogP contribution in [0.4, 0.5) is 5.69 Å². The standard InChI is InChI=1S/C18H26N4O4S/c1-14(18(11-19)27(25,26)20-12-17(24)13-23)15-3-5-16(6-4-15)22-9-7-21(2)8-10-22/h3-6,17,20,23-24H,7-10,12-13H2,1-2H3. The van der Waals surface area contributed by atoms with E-state index in [4.69, 9.17) is 5.11 Å². The SMILES string of the molecule is CC(=C(C#N)S(=O)(=O)NCC(O)CO)c1ccc(N2CCN(C)CC2)cc1. The fourth-order valence-corrected chi connectivity index (χ4v) is 4.00. The molecule has 0 amide bonds. The normalized spacial score (nSPS) is 18.0. The first-order chi connectivity index (χ1) is 12.8. The van der Waals surface area contributed by atoms with E-state index in [-0.39, 0.29) is 6.54 Å². The van der Waals surface area contributed by atoms with Gasteiger partial charge in [-0.2, -0.15) is 5.26 Å². The van der Waals surface area contributed by atoms with Crippen molar-refractivity contribution in [1.29, 1.82) is 5.26 Å². The molecule has 1 saturated heterocycles. The zero-order valence-electron chi connectivity index (χ0n) is 15.6. The van der Waals surface area contributed by atoms with E-state index in [0.29, 0.717) is 11.1 Å². The largest absolute Gasteiger partial charge is 0.394 e. The summed E-state index contributed by atoms with van der Waals surface area (Å²) in [5, 5.41) is 27.5. The number of sulfonamides is 1. The van der Waals surface area contributed by atoms with Gasteiger partial charge in [-0.05, 0) is 37.2 Å². The Morgan fingerprint density at radius 1 is 1.26 bits per heavy atom. The summed E-state index contributed by atoms with van der Waals surface area (Å²) in [6, 6.07) is 9.19. The van der Waals surface area contributed by atoms with Crippen molar-refractivity contribution in [3.63, 3.8) is 0 Å². The minimum Gasteiger partial charge on any atom is -0.394 e. The van der Waals surface area contributed by atoms with Crippen LogP contribution >= 0.6 is 0 Å². The highest BCUT2D eigenvalue weighted by molar-refractivity contribution is 7.93. The van der Waals surface area contributed by atoms with E-state index in [9.17, 15) is 18.8 Å². The summed E-state index contributed by atoms with van der Waals surface area (Å²) in [6.07, 6.45) is -1.22. The van der Waals surface area contributed by atoms with Gasteiger partial charge in [0, 0.05) is 38.4 Å². The van der Waals surface area contributed by atoms with Crippen molar-refractivity contribution in [1.82, 2.24) is 9.62 Å². The molecular weight excluding hydrogens is 368 g/mol. The number of hydrogen-bond donors (Lipinski definition) is 3. The summed E-state index contributed by atoms with van der Waals surface area (Å²) in [6.45, 7) is 4.48. The Morgan fingerprint density at radius 2 is 1.85 bits per heavy atom. The summed E-state index contributed by atoms with van der Waals surface area (Å²) in [5.74, 6) is 0. The van der Waals surface area contributed by atoms with E-state index in [1.807, 2.05) is 12.1 Å². The second kappa shape index (κ2) is 9.30. The molecule has 27 heavy (non-hydrogen) atoms. The third-order valence-electron chi connectivity index (χ3n) is 4.60. The van der Waals surface area contributed by atoms with Gasteiger partial charge in [-0.25, -0.2) is 13.1 Å². The number of allylic oxidation sites excluding steroid dienone is 2. The molecule has 1 aliphatic heterocycles. The second-order valence-electron chi connectivity index (χ2n) is 6.59. The molecule has 0 aromatic heterocycles. The topological polar surface area (TPSA) is 117 Å². The molecule has 0 radical (unpaired) electrons. The number of nitrogens with one attached hydrogen (secondary N) is 1. The molecule has 1 unspecified atom stereocenters. The molecule has 0 saturated carbocycles. The fourth-order valence-electron chi connectivity index (χ4n) is 2.81. The van der Waals surface area contributed by atoms with E-state index in [1.165, 1.54) is 0 Å². The molecule has 0 spiro atoms. The average Bonchev–Trinajstić information content (AvgIpc) is 2.67. The first-order valence-electron chi connectivity index (χ1n) is 8.72. The molecule has 1 aromatic carbocycles. The van der Waals surface area contributed by atoms with Crippen LogP contribution < -0.4 is 9.62 Å². The summed E-state index contributed by atoms with van der Waals surface area (Å²) in [5.41, 5.74) is 2.02. The lowest BCUT2D eigenvalue weighted by Gasteiger charge is -2.34. The molecule has 1 heterocycles. The Balaban J connectivity index is 2.20. The van der Waals surface area contributed by atoms with E-state index >= 15 is 0 Å². The number of benzene rings is 1. The number of likely N-dealkylation sites (N-methyl/N-ethyl adjacent to an activating group) is 1. The van der Waals surface area contributed by atoms with Crippen LogP contribution in [-0.4, -0.2) is 76.0 Å². The lowest BCUT2D eigenvalue weighted by Crippen LogP contribution is -2.44. The maximum Gasteiger partial charge on any atom is 0.251 e. The van der Waals surface area contributed by atoms with Gasteiger partial charge in [0.15, 0.2) is 4.91 Å². The van der Waals surface area contributed by atoms with Crippen molar-refractivity contribution in [3.8, 4) is 6.07 Å². The van der Waals surface area contributed by atoms with Gasteiger partial charge in [0.05, 0.1) is 12.7 Å². The van der Waals surface area contributed by atoms with Gasteiger partial charge >= 0.3 is 0 Å². The predicted octanol–water partition coefficient (Wildman–Crippen LogP) is -0.0344. The summed E-state index contributed by atoms with van der Waals surface area (Å²) in [4.78, 5) is 4.13. The highest BCUT2D eigenvalue weighted by atomic mass is 32.2. The van der Waals surface area contributed by atoms with Gasteiger partial charge in [-0.3, -0.25) is 0 Å². The van der Waals surface area contributed by atoms with E-state index in [0.717, 1.165) is 31.9 Å². The molecule has 1 fully saturated rings. The van der Waals surface area contributed by atoms with Crippen LogP contribution in [0.2, 0.25) is 0 Å². The minimum absolute atomic E-state index is 0.327. The summed E-state index contributed by atoms with van der Waals surface area (Å²) >= 11 is 0. The molecule has 3 N–H and O–H groups in total. The number of anilines is 1. The first kappa shape index (κ1) is 21.3. The third-order valence-corrected chi connectivity index (χ3v) is 6.08. The number of aliphatic hydroxyl groups is 2. The third kappa shape index (κ3) is 5.51. The Bertz CT molecular complexity index is 807. The number of aliphatic hydroxyl groups excluding tert-OH is 2. The molecule has 1 aromatic rings. The monoisotopic (exact) mass is 394 g/mol. The molecule has 2 rings (SSSR count). The van der Waals surface area contributed by atoms with Crippen LogP contribution in [0.15, 0.2) is 29.2 Å². The van der Waals surface area contributed by atoms with Gasteiger partial charge in [0.2, 0.25) is 0 Å². The molecular formula is C18H26N4O4S. The van der Waals surface area contributed by atoms with Crippen LogP contribution in [0.5, 0.6) is 0 Å². The maximum absolute atomic E-state index is 12.3. The van der Waals surface area contributed by atoms with Crippen LogP contribution in [0, 0.1) is 11.3 Å². The Morgan fingerprint density at radius 3 is 2.37 bits per heavy atom. The minimum atomic E-state index is -4.08. The number of rotatable bonds is 7. The maximum atomic E-state index is 12.3. The number of hydrogen-bond acceptors (Lipinski definition) is 7. The zero-order valence-corrected chi connectivity index (χ0v) is 16.4. The van der Waals surface area contributed by atoms with E-state index in [1.54, 1.807) is 25.1 Å². The Kier molecular flexibility index (Phi) is 7.35. The highest BCUT2D eigenvalue weighted by Crippen LogP contribution is 2.24. The quantitative estimate of drug-likeness (QED) is 0.556. The molecule has 1 atom stereocenters. The fraction of sp³-hybridized carbons (Fsp3) is 0.500. The molecule has 148 valence electrons. The summed E-state index contributed by atoms with van der Waals surface area (Å²) in [7, 11) is -1.99. The number of nitriles is 1. The van der Waals surface area contributed by atoms with Gasteiger partial charge in [-0.15, -0.1) is 0 Å². The smallest absolute Gasteiger partial charge is 0.251 e. The van der Waals surface area contributed by atoms with Crippen LogP contribution in [0.3, 0.4) is 0 Å². The zero-order chi connectivity index (χ0) is 20.0. The van der Waals surface area contributed by atoms with Gasteiger partial charge in [0.25, 0.3) is 10.0 Å². The van der Waals surface area contributed by atoms with Crippen LogP contribution in [-0.2, 0) is 10.0 Å². The highest BCUT2D eigenvalue weighted by Gasteiger charge is 2.22. The van der Waals surface area contributed by atoms with Crippen LogP contribution in [0.25, 0.3) is 5.57 Å². The van der Waals surface area contributed by atoms with Crippen molar-refractivity contribution in [2.45, 2.75) is 13.0 Å². The van der Waals surface area contributed by atoms with Crippen molar-refractivity contribution in [2.75, 3.05) is 51.3 Å². The Labute approximate surface area is 160 Å². The van der Waals surface area contributed by atoms with Crippen LogP contribution in [0.1, 0.15) is 12.5 Å². The van der Waals surface area contributed by atoms with E-state index < -0.39 is 27.6 Å². The predicted molar refractivity (Wildman–Crippen MR) is 104 cm³/mol. The Hall–Kier alpha value is -1.96. The molecule has 9 heteroatoms. The number of piperazine rings is 1. The van der Waals surface area contributed by atoms with Crippen molar-refractivity contribution in [3.05, 3.63) is 34.7 Å². The number of nitrogens with zero attached hydrogens (tertiary/aromatic N) is 3. The van der Waals surface area contributed by atoms with Gasteiger partial charge in [-0.1, -0.05) is 12.1 Å². The van der Waals surface area contributed by atoms with Crippen molar-refractivity contribution >= 4 is 21.3 Å². The van der Waals surface area contributed by atoms with E-state index in [2.05, 4.69) is 21.6 Å². The molecule has 1 aliphatic rings. The van der Waals surface area contributed by atoms with Crippen molar-refractivity contribution < 1.29 is 18.6 Å². The molecule has 0 bridgehead atoms. The molecule has 0 aliphatic carbocycles. The average molecular weight is 394 g/mol. The lowest BCUT2D eigenvalue weighted by molar-refractivity contribution is 0.0989.